The third-order valence-corrected chi connectivity index (χ3v) is 4.77. The Morgan fingerprint density at radius 3 is 2.71 bits per heavy atom. The smallest absolute Gasteiger partial charge is 0.157 e. The normalized spacial score (nSPS) is 25.8. The summed E-state index contributed by atoms with van der Waals surface area (Å²) in [6, 6.07) is 3.35. The summed E-state index contributed by atoms with van der Waals surface area (Å²) in [6.45, 7) is 6.06. The third-order valence-electron chi connectivity index (χ3n) is 4.77. The van der Waals surface area contributed by atoms with Crippen molar-refractivity contribution in [1.82, 2.24) is 4.90 Å². The van der Waals surface area contributed by atoms with Gasteiger partial charge in [-0.05, 0) is 42.0 Å². The van der Waals surface area contributed by atoms with Crippen LogP contribution < -0.4 is 0 Å². The van der Waals surface area contributed by atoms with E-state index < -0.39 is 0 Å². The summed E-state index contributed by atoms with van der Waals surface area (Å²) in [5, 5.41) is 19.4. The van der Waals surface area contributed by atoms with Crippen LogP contribution in [0.4, 0.5) is 0 Å². The zero-order chi connectivity index (χ0) is 15.1. The topological polar surface area (TPSA) is 60.8 Å². The lowest BCUT2D eigenvalue weighted by atomic mass is 9.80. The number of ketones is 1. The molecule has 0 amide bonds. The van der Waals surface area contributed by atoms with Crippen LogP contribution in [0, 0.1) is 11.8 Å². The van der Waals surface area contributed by atoms with E-state index in [0.29, 0.717) is 18.1 Å². The van der Waals surface area contributed by atoms with Crippen molar-refractivity contribution in [2.45, 2.75) is 39.2 Å². The zero-order valence-electron chi connectivity index (χ0n) is 12.7. The highest BCUT2D eigenvalue weighted by Crippen LogP contribution is 2.41. The number of piperidine rings is 1. The highest BCUT2D eigenvalue weighted by Gasteiger charge is 2.38. The van der Waals surface area contributed by atoms with Crippen LogP contribution in [-0.2, 0) is 11.2 Å². The summed E-state index contributed by atoms with van der Waals surface area (Å²) in [4.78, 5) is 14.8. The van der Waals surface area contributed by atoms with Gasteiger partial charge < -0.3 is 10.2 Å². The molecule has 2 atom stereocenters. The van der Waals surface area contributed by atoms with Gasteiger partial charge in [0, 0.05) is 31.5 Å². The van der Waals surface area contributed by atoms with E-state index in [9.17, 15) is 15.0 Å². The van der Waals surface area contributed by atoms with Crippen molar-refractivity contribution in [2.75, 3.05) is 13.1 Å². The van der Waals surface area contributed by atoms with E-state index in [4.69, 9.17) is 0 Å². The molecular weight excluding hydrogens is 266 g/mol. The molecule has 0 spiro atoms. The minimum absolute atomic E-state index is 0.0659. The molecular formula is C17H23NO3. The maximum atomic E-state index is 12.4. The quantitative estimate of drug-likeness (QED) is 0.822. The predicted molar refractivity (Wildman–Crippen MR) is 80.4 cm³/mol. The number of carbonyl (C=O) groups excluding carboxylic acids is 1. The summed E-state index contributed by atoms with van der Waals surface area (Å²) in [5.41, 5.74) is 2.06. The molecule has 2 aliphatic rings. The average Bonchev–Trinajstić information content (AvgIpc) is 2.41. The minimum atomic E-state index is -0.0904. The van der Waals surface area contributed by atoms with E-state index in [1.165, 1.54) is 0 Å². The first-order chi connectivity index (χ1) is 9.95. The Kier molecular flexibility index (Phi) is 3.66. The van der Waals surface area contributed by atoms with Crippen molar-refractivity contribution in [3.05, 3.63) is 23.3 Å². The molecule has 0 unspecified atom stereocenters. The molecule has 2 heterocycles. The molecule has 1 aromatic carbocycles. The highest BCUT2D eigenvalue weighted by atomic mass is 16.3. The van der Waals surface area contributed by atoms with Gasteiger partial charge in [0.05, 0.1) is 0 Å². The molecule has 2 aliphatic heterocycles. The molecule has 2 N–H and O–H groups in total. The van der Waals surface area contributed by atoms with Crippen LogP contribution in [0.5, 0.6) is 11.5 Å². The second-order valence-electron chi connectivity index (χ2n) is 6.80. The van der Waals surface area contributed by atoms with Crippen LogP contribution in [0.2, 0.25) is 0 Å². The molecule has 0 aromatic heterocycles. The van der Waals surface area contributed by atoms with E-state index in [1.807, 2.05) is 0 Å². The predicted octanol–water partition coefficient (Wildman–Crippen LogP) is 2.63. The molecule has 1 saturated heterocycles. The summed E-state index contributed by atoms with van der Waals surface area (Å²) in [7, 11) is 0. The number of rotatable bonds is 2. The molecule has 0 bridgehead atoms. The number of phenols is 2. The minimum Gasteiger partial charge on any atom is -0.504 e. The van der Waals surface area contributed by atoms with E-state index >= 15 is 0 Å². The Hall–Kier alpha value is -1.55. The zero-order valence-corrected chi connectivity index (χ0v) is 12.7. The van der Waals surface area contributed by atoms with Gasteiger partial charge in [-0.2, -0.15) is 0 Å². The summed E-state index contributed by atoms with van der Waals surface area (Å²) in [6.07, 6.45) is 2.34. The number of fused-ring (bicyclic) bond motifs is 3. The Morgan fingerprint density at radius 2 is 2.00 bits per heavy atom. The summed E-state index contributed by atoms with van der Waals surface area (Å²) in [5.74, 6) is 0.863. The Balaban J connectivity index is 1.87. The van der Waals surface area contributed by atoms with Gasteiger partial charge in [0.2, 0.25) is 0 Å². The third kappa shape index (κ3) is 2.64. The Bertz CT molecular complexity index is 567. The lowest BCUT2D eigenvalue weighted by Crippen LogP contribution is -2.46. The number of phenolic OH excluding ortho intramolecular Hbond substituents is 2. The van der Waals surface area contributed by atoms with Gasteiger partial charge in [-0.1, -0.05) is 13.8 Å². The van der Waals surface area contributed by atoms with E-state index in [1.54, 1.807) is 12.1 Å². The van der Waals surface area contributed by atoms with Crippen molar-refractivity contribution in [3.63, 3.8) is 0 Å². The SMILES string of the molecule is CC(C)C[C@@H]1CN2CCc3cc(O)c(O)cc3[C@@H]2CC1=O. The first-order valence-corrected chi connectivity index (χ1v) is 7.77. The van der Waals surface area contributed by atoms with Crippen molar-refractivity contribution < 1.29 is 15.0 Å². The van der Waals surface area contributed by atoms with Crippen LogP contribution in [0.3, 0.4) is 0 Å². The Morgan fingerprint density at radius 1 is 1.29 bits per heavy atom. The first kappa shape index (κ1) is 14.4. The number of carbonyl (C=O) groups is 1. The highest BCUT2D eigenvalue weighted by molar-refractivity contribution is 5.83. The van der Waals surface area contributed by atoms with Crippen molar-refractivity contribution in [1.29, 1.82) is 0 Å². The molecule has 0 radical (unpaired) electrons. The van der Waals surface area contributed by atoms with Crippen LogP contribution in [0.25, 0.3) is 0 Å². The number of hydrogen-bond donors (Lipinski definition) is 2. The fourth-order valence-corrected chi connectivity index (χ4v) is 3.75. The molecule has 114 valence electrons. The number of hydrogen-bond acceptors (Lipinski definition) is 4. The number of nitrogens with zero attached hydrogens (tertiary/aromatic N) is 1. The second-order valence-corrected chi connectivity index (χ2v) is 6.80. The van der Waals surface area contributed by atoms with Gasteiger partial charge in [-0.3, -0.25) is 9.69 Å². The lowest BCUT2D eigenvalue weighted by Gasteiger charge is -2.43. The second kappa shape index (κ2) is 5.34. The van der Waals surface area contributed by atoms with Crippen molar-refractivity contribution in [2.24, 2.45) is 11.8 Å². The van der Waals surface area contributed by atoms with Crippen LogP contribution in [0.15, 0.2) is 12.1 Å². The summed E-state index contributed by atoms with van der Waals surface area (Å²) < 4.78 is 0. The van der Waals surface area contributed by atoms with Gasteiger partial charge in [0.25, 0.3) is 0 Å². The molecule has 1 fully saturated rings. The number of Topliss-reactive ketones (excluding diaryl/α,β-unsaturated/α-hetero) is 1. The van der Waals surface area contributed by atoms with Gasteiger partial charge >= 0.3 is 0 Å². The van der Waals surface area contributed by atoms with Gasteiger partial charge in [-0.15, -0.1) is 0 Å². The average molecular weight is 289 g/mol. The molecule has 0 saturated carbocycles. The number of benzene rings is 1. The fraction of sp³-hybridized carbons (Fsp3) is 0.588. The molecule has 0 aliphatic carbocycles. The van der Waals surface area contributed by atoms with Crippen LogP contribution in [-0.4, -0.2) is 34.0 Å². The van der Waals surface area contributed by atoms with Gasteiger partial charge in [0.15, 0.2) is 11.5 Å². The number of aromatic hydroxyl groups is 2. The largest absolute Gasteiger partial charge is 0.504 e. The van der Waals surface area contributed by atoms with E-state index in [-0.39, 0.29) is 23.5 Å². The van der Waals surface area contributed by atoms with Crippen molar-refractivity contribution >= 4 is 5.78 Å². The maximum Gasteiger partial charge on any atom is 0.157 e. The van der Waals surface area contributed by atoms with Gasteiger partial charge in [0.1, 0.15) is 5.78 Å². The monoisotopic (exact) mass is 289 g/mol. The maximum absolute atomic E-state index is 12.4. The fourth-order valence-electron chi connectivity index (χ4n) is 3.75. The molecule has 4 nitrogen and oxygen atoms in total. The lowest BCUT2D eigenvalue weighted by molar-refractivity contribution is -0.129. The molecule has 4 heteroatoms. The van der Waals surface area contributed by atoms with E-state index in [2.05, 4.69) is 18.7 Å². The van der Waals surface area contributed by atoms with E-state index in [0.717, 1.165) is 37.1 Å². The van der Waals surface area contributed by atoms with Crippen molar-refractivity contribution in [3.8, 4) is 11.5 Å². The van der Waals surface area contributed by atoms with Crippen LogP contribution in [0.1, 0.15) is 43.9 Å². The molecule has 3 rings (SSSR count). The summed E-state index contributed by atoms with van der Waals surface area (Å²) >= 11 is 0. The molecule has 1 aromatic rings. The van der Waals surface area contributed by atoms with Gasteiger partial charge in [-0.25, -0.2) is 0 Å². The molecule has 21 heavy (non-hydrogen) atoms. The Labute approximate surface area is 125 Å². The van der Waals surface area contributed by atoms with Crippen LogP contribution >= 0.6 is 0 Å². The standard InChI is InChI=1S/C17H23NO3/c1-10(2)5-12-9-18-4-3-11-6-16(20)17(21)7-13(11)14(18)8-15(12)19/h6-7,10,12,14,20-21H,3-5,8-9H2,1-2H3/t12-,14+/m1/s1. The first-order valence-electron chi connectivity index (χ1n) is 7.77.